The number of ether oxygens (including phenoxy) is 1. The highest BCUT2D eigenvalue weighted by molar-refractivity contribution is 5.27. The monoisotopic (exact) mass is 253 g/mol. The Labute approximate surface area is 114 Å². The fourth-order valence-electron chi connectivity index (χ4n) is 1.76. The van der Waals surface area contributed by atoms with Gasteiger partial charge in [0.2, 0.25) is 0 Å². The lowest BCUT2D eigenvalue weighted by atomic mass is 10.2. The average molecular weight is 253 g/mol. The van der Waals surface area contributed by atoms with Gasteiger partial charge in [-0.3, -0.25) is 0 Å². The van der Waals surface area contributed by atoms with Crippen molar-refractivity contribution in [2.75, 3.05) is 6.54 Å². The van der Waals surface area contributed by atoms with Gasteiger partial charge in [-0.2, -0.15) is 0 Å². The summed E-state index contributed by atoms with van der Waals surface area (Å²) in [5.74, 6) is 0.899. The minimum atomic E-state index is 0.606. The van der Waals surface area contributed by atoms with Crippen molar-refractivity contribution in [3.8, 4) is 5.75 Å². The first-order chi connectivity index (χ1) is 9.38. The zero-order valence-electron chi connectivity index (χ0n) is 11.0. The minimum absolute atomic E-state index is 0.606. The lowest BCUT2D eigenvalue weighted by Crippen LogP contribution is -2.12. The Morgan fingerprint density at radius 2 is 1.68 bits per heavy atom. The normalized spacial score (nSPS) is 10.1. The van der Waals surface area contributed by atoms with E-state index in [1.54, 1.807) is 0 Å². The first kappa shape index (κ1) is 13.4. The maximum atomic E-state index is 5.74. The van der Waals surface area contributed by atoms with Crippen molar-refractivity contribution in [2.45, 2.75) is 13.2 Å². The molecule has 0 bridgehead atoms. The minimum Gasteiger partial charge on any atom is -0.489 e. The first-order valence-electron chi connectivity index (χ1n) is 6.46. The molecule has 0 atom stereocenters. The molecule has 2 rings (SSSR count). The smallest absolute Gasteiger partial charge is 0.119 e. The van der Waals surface area contributed by atoms with Crippen molar-refractivity contribution in [2.24, 2.45) is 0 Å². The Kier molecular flexibility index (Phi) is 5.20. The summed E-state index contributed by atoms with van der Waals surface area (Å²) in [5, 5.41) is 3.27. The molecule has 0 heterocycles. The van der Waals surface area contributed by atoms with Gasteiger partial charge in [0.1, 0.15) is 12.4 Å². The molecule has 2 nitrogen and oxygen atoms in total. The molecule has 0 radical (unpaired) electrons. The molecule has 0 saturated heterocycles. The summed E-state index contributed by atoms with van der Waals surface area (Å²) in [6.45, 7) is 5.96. The van der Waals surface area contributed by atoms with E-state index in [-0.39, 0.29) is 0 Å². The molecule has 0 aliphatic carbocycles. The van der Waals surface area contributed by atoms with Crippen LogP contribution >= 0.6 is 0 Å². The first-order valence-corrected chi connectivity index (χ1v) is 6.46. The number of benzene rings is 2. The second-order valence-electron chi connectivity index (χ2n) is 4.34. The van der Waals surface area contributed by atoms with Gasteiger partial charge in [-0.15, -0.1) is 6.58 Å². The quantitative estimate of drug-likeness (QED) is 0.602. The summed E-state index contributed by atoms with van der Waals surface area (Å²) in [5.41, 5.74) is 2.42. The standard InChI is InChI=1S/C17H19NO/c1-2-12-18-13-15-8-10-17(11-9-15)19-14-16-6-4-3-5-7-16/h2-11,18H,1,12-14H2. The number of rotatable bonds is 7. The van der Waals surface area contributed by atoms with Gasteiger partial charge in [0.25, 0.3) is 0 Å². The molecule has 0 amide bonds. The van der Waals surface area contributed by atoms with Gasteiger partial charge >= 0.3 is 0 Å². The van der Waals surface area contributed by atoms with Gasteiger partial charge in [-0.05, 0) is 23.3 Å². The van der Waals surface area contributed by atoms with Gasteiger partial charge in [0.05, 0.1) is 0 Å². The predicted molar refractivity (Wildman–Crippen MR) is 79.1 cm³/mol. The van der Waals surface area contributed by atoms with Crippen LogP contribution in [0.2, 0.25) is 0 Å². The van der Waals surface area contributed by atoms with Crippen LogP contribution < -0.4 is 10.1 Å². The van der Waals surface area contributed by atoms with Crippen LogP contribution in [0.25, 0.3) is 0 Å². The van der Waals surface area contributed by atoms with Gasteiger partial charge in [-0.1, -0.05) is 48.5 Å². The van der Waals surface area contributed by atoms with E-state index in [0.717, 1.165) is 18.8 Å². The van der Waals surface area contributed by atoms with Crippen molar-refractivity contribution in [3.05, 3.63) is 78.4 Å². The molecule has 0 aromatic heterocycles. The summed E-state index contributed by atoms with van der Waals surface area (Å²) in [6, 6.07) is 18.4. The summed E-state index contributed by atoms with van der Waals surface area (Å²) >= 11 is 0. The predicted octanol–water partition coefficient (Wildman–Crippen LogP) is 3.54. The van der Waals surface area contributed by atoms with Crippen LogP contribution in [0, 0.1) is 0 Å². The summed E-state index contributed by atoms with van der Waals surface area (Å²) in [7, 11) is 0. The molecule has 0 saturated carbocycles. The van der Waals surface area contributed by atoms with Crippen LogP contribution in [0.5, 0.6) is 5.75 Å². The largest absolute Gasteiger partial charge is 0.489 e. The maximum absolute atomic E-state index is 5.74. The zero-order valence-corrected chi connectivity index (χ0v) is 11.0. The van der Waals surface area contributed by atoms with E-state index < -0.39 is 0 Å². The van der Waals surface area contributed by atoms with Crippen LogP contribution in [-0.2, 0) is 13.2 Å². The van der Waals surface area contributed by atoms with Gasteiger partial charge in [0, 0.05) is 13.1 Å². The lowest BCUT2D eigenvalue weighted by molar-refractivity contribution is 0.306. The van der Waals surface area contributed by atoms with E-state index in [4.69, 9.17) is 4.74 Å². The number of hydrogen-bond donors (Lipinski definition) is 1. The molecule has 0 unspecified atom stereocenters. The fraction of sp³-hybridized carbons (Fsp3) is 0.176. The Morgan fingerprint density at radius 3 is 2.37 bits per heavy atom. The van der Waals surface area contributed by atoms with Crippen LogP contribution in [0.1, 0.15) is 11.1 Å². The van der Waals surface area contributed by atoms with E-state index in [1.807, 2.05) is 36.4 Å². The molecule has 2 aromatic rings. The Morgan fingerprint density at radius 1 is 0.947 bits per heavy atom. The van der Waals surface area contributed by atoms with Crippen LogP contribution in [0.4, 0.5) is 0 Å². The molecule has 0 spiro atoms. The third kappa shape index (κ3) is 4.60. The van der Waals surface area contributed by atoms with E-state index in [9.17, 15) is 0 Å². The van der Waals surface area contributed by atoms with Crippen molar-refractivity contribution in [3.63, 3.8) is 0 Å². The third-order valence-corrected chi connectivity index (χ3v) is 2.79. The SMILES string of the molecule is C=CCNCc1ccc(OCc2ccccc2)cc1. The summed E-state index contributed by atoms with van der Waals surface area (Å²) in [4.78, 5) is 0. The van der Waals surface area contributed by atoms with Gasteiger partial charge in [-0.25, -0.2) is 0 Å². The van der Waals surface area contributed by atoms with Crippen LogP contribution in [0.15, 0.2) is 67.3 Å². The summed E-state index contributed by atoms with van der Waals surface area (Å²) < 4.78 is 5.74. The van der Waals surface area contributed by atoms with E-state index in [2.05, 4.69) is 36.2 Å². The third-order valence-electron chi connectivity index (χ3n) is 2.79. The van der Waals surface area contributed by atoms with Crippen molar-refractivity contribution in [1.82, 2.24) is 5.32 Å². The molecular weight excluding hydrogens is 234 g/mol. The second-order valence-corrected chi connectivity index (χ2v) is 4.34. The number of nitrogens with one attached hydrogen (secondary N) is 1. The molecular formula is C17H19NO. The fourth-order valence-corrected chi connectivity index (χ4v) is 1.76. The van der Waals surface area contributed by atoms with E-state index in [0.29, 0.717) is 6.61 Å². The Bertz CT molecular complexity index is 490. The maximum Gasteiger partial charge on any atom is 0.119 e. The highest BCUT2D eigenvalue weighted by atomic mass is 16.5. The molecule has 98 valence electrons. The van der Waals surface area contributed by atoms with Crippen molar-refractivity contribution in [1.29, 1.82) is 0 Å². The van der Waals surface area contributed by atoms with Crippen molar-refractivity contribution >= 4 is 0 Å². The molecule has 0 aliphatic heterocycles. The molecule has 0 fully saturated rings. The highest BCUT2D eigenvalue weighted by Crippen LogP contribution is 2.14. The molecule has 2 aromatic carbocycles. The molecule has 0 aliphatic rings. The second kappa shape index (κ2) is 7.39. The van der Waals surface area contributed by atoms with Gasteiger partial charge < -0.3 is 10.1 Å². The zero-order chi connectivity index (χ0) is 13.3. The summed E-state index contributed by atoms with van der Waals surface area (Å²) in [6.07, 6.45) is 1.86. The topological polar surface area (TPSA) is 21.3 Å². The molecule has 1 N–H and O–H groups in total. The Hall–Kier alpha value is -2.06. The lowest BCUT2D eigenvalue weighted by Gasteiger charge is -2.07. The van der Waals surface area contributed by atoms with E-state index >= 15 is 0 Å². The van der Waals surface area contributed by atoms with Gasteiger partial charge in [0.15, 0.2) is 0 Å². The van der Waals surface area contributed by atoms with Crippen molar-refractivity contribution < 1.29 is 4.74 Å². The van der Waals surface area contributed by atoms with Crippen LogP contribution in [-0.4, -0.2) is 6.54 Å². The number of hydrogen-bond acceptors (Lipinski definition) is 2. The molecule has 2 heteroatoms. The highest BCUT2D eigenvalue weighted by Gasteiger charge is 1.96. The van der Waals surface area contributed by atoms with Crippen LogP contribution in [0.3, 0.4) is 0 Å². The molecule has 19 heavy (non-hydrogen) atoms. The van der Waals surface area contributed by atoms with E-state index in [1.165, 1.54) is 11.1 Å². The average Bonchev–Trinajstić information content (AvgIpc) is 2.48. The Balaban J connectivity index is 1.83.